The first-order valence-corrected chi connectivity index (χ1v) is 9.20. The highest BCUT2D eigenvalue weighted by molar-refractivity contribution is 6.07. The maximum absolute atomic E-state index is 12.6. The van der Waals surface area contributed by atoms with E-state index in [0.29, 0.717) is 22.6 Å². The molecule has 0 saturated heterocycles. The molecule has 4 aromatic rings. The van der Waals surface area contributed by atoms with Crippen molar-refractivity contribution in [1.82, 2.24) is 9.97 Å². The Balaban J connectivity index is 1.48. The highest BCUT2D eigenvalue weighted by atomic mass is 16.5. The van der Waals surface area contributed by atoms with E-state index in [2.05, 4.69) is 20.6 Å². The summed E-state index contributed by atoms with van der Waals surface area (Å²) in [7, 11) is 1.34. The van der Waals surface area contributed by atoms with Crippen LogP contribution in [0.3, 0.4) is 0 Å². The molecule has 7 nitrogen and oxygen atoms in total. The molecule has 0 aliphatic heterocycles. The minimum atomic E-state index is -0.410. The van der Waals surface area contributed by atoms with E-state index in [1.165, 1.54) is 7.11 Å². The molecule has 0 aliphatic rings. The Hall–Kier alpha value is -4.26. The van der Waals surface area contributed by atoms with Crippen molar-refractivity contribution in [3.8, 4) is 0 Å². The summed E-state index contributed by atoms with van der Waals surface area (Å²) in [4.78, 5) is 32.8. The number of esters is 1. The standard InChI is InChI=1S/C23H18N4O3/c1-30-23(29)16-6-2-8-17(13-16)26-18-10-11-20(25-14-18)22(28)27-19-9-3-5-15-7-4-12-24-21(15)19/h2-14,26H,1H3,(H,27,28). The summed E-state index contributed by atoms with van der Waals surface area (Å²) >= 11 is 0. The SMILES string of the molecule is COC(=O)c1cccc(Nc2ccc(C(=O)Nc3cccc4cccnc34)nc2)c1. The van der Waals surface area contributed by atoms with Crippen molar-refractivity contribution >= 4 is 39.8 Å². The highest BCUT2D eigenvalue weighted by Gasteiger charge is 2.11. The number of carbonyl (C=O) groups is 2. The normalized spacial score (nSPS) is 10.4. The maximum atomic E-state index is 12.6. The minimum absolute atomic E-state index is 0.275. The van der Waals surface area contributed by atoms with E-state index < -0.39 is 5.97 Å². The summed E-state index contributed by atoms with van der Waals surface area (Å²) in [6.45, 7) is 0. The second-order valence-electron chi connectivity index (χ2n) is 6.46. The third-order valence-electron chi connectivity index (χ3n) is 4.45. The van der Waals surface area contributed by atoms with E-state index in [1.54, 1.807) is 48.8 Å². The van der Waals surface area contributed by atoms with E-state index in [0.717, 1.165) is 10.9 Å². The number of nitrogens with one attached hydrogen (secondary N) is 2. The number of hydrogen-bond donors (Lipinski definition) is 2. The second kappa shape index (κ2) is 8.40. The molecule has 2 N–H and O–H groups in total. The Morgan fingerprint density at radius 1 is 0.900 bits per heavy atom. The zero-order valence-corrected chi connectivity index (χ0v) is 16.1. The summed E-state index contributed by atoms with van der Waals surface area (Å²) in [5.41, 5.74) is 3.45. The third-order valence-corrected chi connectivity index (χ3v) is 4.45. The van der Waals surface area contributed by atoms with Gasteiger partial charge in [0.15, 0.2) is 0 Å². The van der Waals surface area contributed by atoms with Crippen molar-refractivity contribution in [2.45, 2.75) is 0 Å². The molecule has 2 heterocycles. The van der Waals surface area contributed by atoms with Gasteiger partial charge in [0, 0.05) is 17.3 Å². The van der Waals surface area contributed by atoms with Gasteiger partial charge in [-0.2, -0.15) is 0 Å². The van der Waals surface area contributed by atoms with Crippen LogP contribution in [0.4, 0.5) is 17.1 Å². The Bertz CT molecular complexity index is 1220. The summed E-state index contributed by atoms with van der Waals surface area (Å²) in [6, 6.07) is 19.7. The number of ether oxygens (including phenoxy) is 1. The van der Waals surface area contributed by atoms with Gasteiger partial charge in [0.2, 0.25) is 0 Å². The summed E-state index contributed by atoms with van der Waals surface area (Å²) in [5, 5.41) is 6.95. The number of carbonyl (C=O) groups excluding carboxylic acids is 2. The van der Waals surface area contributed by atoms with Crippen LogP contribution < -0.4 is 10.6 Å². The summed E-state index contributed by atoms with van der Waals surface area (Å²) in [6.07, 6.45) is 3.24. The molecule has 0 spiro atoms. The summed E-state index contributed by atoms with van der Waals surface area (Å²) in [5.74, 6) is -0.737. The molecule has 0 fully saturated rings. The van der Waals surface area contributed by atoms with Crippen molar-refractivity contribution in [2.75, 3.05) is 17.7 Å². The molecule has 4 rings (SSSR count). The summed E-state index contributed by atoms with van der Waals surface area (Å²) < 4.78 is 4.73. The van der Waals surface area contributed by atoms with Crippen LogP contribution in [0.2, 0.25) is 0 Å². The Labute approximate surface area is 172 Å². The van der Waals surface area contributed by atoms with Crippen LogP contribution in [0.1, 0.15) is 20.8 Å². The van der Waals surface area contributed by atoms with Crippen LogP contribution in [-0.4, -0.2) is 29.0 Å². The maximum Gasteiger partial charge on any atom is 0.337 e. The number of anilines is 3. The fourth-order valence-corrected chi connectivity index (χ4v) is 3.00. The van der Waals surface area contributed by atoms with Gasteiger partial charge in [-0.05, 0) is 42.5 Å². The number of nitrogens with zero attached hydrogens (tertiary/aromatic N) is 2. The van der Waals surface area contributed by atoms with Crippen molar-refractivity contribution in [3.63, 3.8) is 0 Å². The van der Waals surface area contributed by atoms with Crippen LogP contribution in [0.15, 0.2) is 79.1 Å². The predicted molar refractivity (Wildman–Crippen MR) is 115 cm³/mol. The topological polar surface area (TPSA) is 93.2 Å². The molecular weight excluding hydrogens is 380 g/mol. The molecule has 0 saturated carbocycles. The Kier molecular flexibility index (Phi) is 5.34. The van der Waals surface area contributed by atoms with Crippen LogP contribution in [0, 0.1) is 0 Å². The number of benzene rings is 2. The average molecular weight is 398 g/mol. The quantitative estimate of drug-likeness (QED) is 0.484. The molecule has 0 aliphatic carbocycles. The van der Waals surface area contributed by atoms with E-state index in [-0.39, 0.29) is 11.6 Å². The van der Waals surface area contributed by atoms with Gasteiger partial charge in [-0.15, -0.1) is 0 Å². The van der Waals surface area contributed by atoms with Crippen molar-refractivity contribution in [1.29, 1.82) is 0 Å². The molecule has 30 heavy (non-hydrogen) atoms. The molecule has 0 atom stereocenters. The molecule has 0 radical (unpaired) electrons. The third kappa shape index (κ3) is 4.10. The molecule has 0 bridgehead atoms. The first kappa shape index (κ1) is 19.1. The lowest BCUT2D eigenvalue weighted by molar-refractivity contribution is 0.0600. The lowest BCUT2D eigenvalue weighted by Crippen LogP contribution is -2.14. The number of hydrogen-bond acceptors (Lipinski definition) is 6. The molecule has 1 amide bonds. The van der Waals surface area contributed by atoms with Crippen LogP contribution >= 0.6 is 0 Å². The van der Waals surface area contributed by atoms with E-state index in [4.69, 9.17) is 4.74 Å². The molecule has 0 unspecified atom stereocenters. The van der Waals surface area contributed by atoms with Crippen molar-refractivity contribution < 1.29 is 14.3 Å². The number of pyridine rings is 2. The Morgan fingerprint density at radius 3 is 2.53 bits per heavy atom. The number of rotatable bonds is 5. The molecule has 148 valence electrons. The molecule has 2 aromatic heterocycles. The van der Waals surface area contributed by atoms with Gasteiger partial charge >= 0.3 is 5.97 Å². The fraction of sp³-hybridized carbons (Fsp3) is 0.0435. The number of amides is 1. The average Bonchev–Trinajstić information content (AvgIpc) is 2.79. The number of aromatic nitrogens is 2. The van der Waals surface area contributed by atoms with Gasteiger partial charge in [-0.1, -0.05) is 24.3 Å². The number of fused-ring (bicyclic) bond motifs is 1. The Morgan fingerprint density at radius 2 is 1.73 bits per heavy atom. The predicted octanol–water partition coefficient (Wildman–Crippen LogP) is 4.41. The molecular formula is C23H18N4O3. The van der Waals surface area contributed by atoms with E-state index >= 15 is 0 Å². The molecule has 2 aromatic carbocycles. The van der Waals surface area contributed by atoms with E-state index in [9.17, 15) is 9.59 Å². The smallest absolute Gasteiger partial charge is 0.337 e. The van der Waals surface area contributed by atoms with Gasteiger partial charge < -0.3 is 15.4 Å². The van der Waals surface area contributed by atoms with Gasteiger partial charge in [-0.25, -0.2) is 9.78 Å². The monoisotopic (exact) mass is 398 g/mol. The van der Waals surface area contributed by atoms with Crippen molar-refractivity contribution in [2.24, 2.45) is 0 Å². The van der Waals surface area contributed by atoms with E-state index in [1.807, 2.05) is 30.3 Å². The van der Waals surface area contributed by atoms with Gasteiger partial charge in [0.05, 0.1) is 35.8 Å². The minimum Gasteiger partial charge on any atom is -0.465 e. The van der Waals surface area contributed by atoms with Crippen LogP contribution in [0.5, 0.6) is 0 Å². The first-order chi connectivity index (χ1) is 14.6. The van der Waals surface area contributed by atoms with Gasteiger partial charge in [-0.3, -0.25) is 9.78 Å². The fourth-order valence-electron chi connectivity index (χ4n) is 3.00. The largest absolute Gasteiger partial charge is 0.465 e. The zero-order valence-electron chi connectivity index (χ0n) is 16.1. The van der Waals surface area contributed by atoms with Crippen LogP contribution in [0.25, 0.3) is 10.9 Å². The lowest BCUT2D eigenvalue weighted by Gasteiger charge is -2.09. The van der Waals surface area contributed by atoms with Crippen LogP contribution in [-0.2, 0) is 4.74 Å². The second-order valence-corrected chi connectivity index (χ2v) is 6.46. The first-order valence-electron chi connectivity index (χ1n) is 9.20. The van der Waals surface area contributed by atoms with Gasteiger partial charge in [0.1, 0.15) is 5.69 Å². The van der Waals surface area contributed by atoms with Gasteiger partial charge in [0.25, 0.3) is 5.91 Å². The zero-order chi connectivity index (χ0) is 20.9. The number of methoxy groups -OCH3 is 1. The highest BCUT2D eigenvalue weighted by Crippen LogP contribution is 2.22. The molecule has 7 heteroatoms. The lowest BCUT2D eigenvalue weighted by atomic mass is 10.2. The van der Waals surface area contributed by atoms with Crippen molar-refractivity contribution in [3.05, 3.63) is 90.4 Å². The number of para-hydroxylation sites is 1.